The molecule has 3 amide bonds. The van der Waals surface area contributed by atoms with Crippen LogP contribution in [0.25, 0.3) is 0 Å². The van der Waals surface area contributed by atoms with Gasteiger partial charge in [0, 0.05) is 12.0 Å². The predicted molar refractivity (Wildman–Crippen MR) is 116 cm³/mol. The summed E-state index contributed by atoms with van der Waals surface area (Å²) < 4.78 is 2.11. The highest BCUT2D eigenvalue weighted by Crippen LogP contribution is 2.40. The molecular weight excluding hydrogens is 398 g/mol. The summed E-state index contributed by atoms with van der Waals surface area (Å²) in [6, 6.07) is 9.93. The number of imide groups is 1. The Hall–Kier alpha value is -2.35. The van der Waals surface area contributed by atoms with Crippen molar-refractivity contribution in [2.24, 2.45) is 5.92 Å². The van der Waals surface area contributed by atoms with Crippen LogP contribution in [0, 0.1) is 5.92 Å². The van der Waals surface area contributed by atoms with Crippen LogP contribution in [0.3, 0.4) is 0 Å². The number of carbonyl (C=O) groups is 2. The van der Waals surface area contributed by atoms with E-state index in [2.05, 4.69) is 44.5 Å². The zero-order valence-electron chi connectivity index (χ0n) is 17.3. The number of nitrogens with one attached hydrogen (secondary N) is 2. The molecular formula is C22H29N5O2S. The minimum atomic E-state index is -0.399. The third-order valence-corrected chi connectivity index (χ3v) is 6.85. The summed E-state index contributed by atoms with van der Waals surface area (Å²) in [5, 5.41) is 14.8. The lowest BCUT2D eigenvalue weighted by Gasteiger charge is -2.29. The summed E-state index contributed by atoms with van der Waals surface area (Å²) in [4.78, 5) is 24.5. The van der Waals surface area contributed by atoms with E-state index < -0.39 is 6.03 Å². The summed E-state index contributed by atoms with van der Waals surface area (Å²) in [5.41, 5.74) is 1.17. The van der Waals surface area contributed by atoms with E-state index in [1.807, 2.05) is 18.2 Å². The van der Waals surface area contributed by atoms with Crippen molar-refractivity contribution in [3.63, 3.8) is 0 Å². The van der Waals surface area contributed by atoms with Crippen molar-refractivity contribution in [2.45, 2.75) is 69.1 Å². The second kappa shape index (κ2) is 9.64. The summed E-state index contributed by atoms with van der Waals surface area (Å²) >= 11 is 1.33. The first-order chi connectivity index (χ1) is 14.6. The second-order valence-electron chi connectivity index (χ2n) is 8.37. The van der Waals surface area contributed by atoms with Crippen LogP contribution in [-0.2, 0) is 11.3 Å². The molecule has 0 unspecified atom stereocenters. The van der Waals surface area contributed by atoms with Crippen LogP contribution >= 0.6 is 11.8 Å². The van der Waals surface area contributed by atoms with E-state index in [-0.39, 0.29) is 17.7 Å². The molecule has 0 bridgehead atoms. The molecule has 8 heteroatoms. The molecule has 2 fully saturated rings. The van der Waals surface area contributed by atoms with E-state index in [4.69, 9.17) is 0 Å². The SMILES string of the molecule is C[C@H]1CCCC[C@H]1NC(=O)NC(=O)CSc1nnc(C2CC2)n1Cc1ccccc1. The average molecular weight is 428 g/mol. The van der Waals surface area contributed by atoms with Gasteiger partial charge >= 0.3 is 6.03 Å². The molecule has 4 rings (SSSR count). The minimum absolute atomic E-state index is 0.130. The van der Waals surface area contributed by atoms with Gasteiger partial charge in [0.05, 0.1) is 12.3 Å². The molecule has 0 spiro atoms. The zero-order valence-corrected chi connectivity index (χ0v) is 18.2. The number of nitrogens with zero attached hydrogens (tertiary/aromatic N) is 3. The minimum Gasteiger partial charge on any atom is -0.335 e. The van der Waals surface area contributed by atoms with Crippen molar-refractivity contribution in [1.82, 2.24) is 25.4 Å². The summed E-state index contributed by atoms with van der Waals surface area (Å²) in [7, 11) is 0. The maximum Gasteiger partial charge on any atom is 0.321 e. The number of urea groups is 1. The first-order valence-corrected chi connectivity index (χ1v) is 11.8. The van der Waals surface area contributed by atoms with Crippen LogP contribution < -0.4 is 10.6 Å². The molecule has 1 aromatic heterocycles. The number of hydrogen-bond acceptors (Lipinski definition) is 5. The standard InChI is InChI=1S/C22H29N5O2S/c1-15-7-5-6-10-18(15)23-21(29)24-19(28)14-30-22-26-25-20(17-11-12-17)27(22)13-16-8-3-2-4-9-16/h2-4,8-9,15,17-18H,5-7,10-14H2,1H3,(H2,23,24,28,29)/t15-,18+/m0/s1. The molecule has 2 atom stereocenters. The third kappa shape index (κ3) is 5.41. The number of aromatic nitrogens is 3. The molecule has 2 aromatic rings. The molecule has 1 aromatic carbocycles. The van der Waals surface area contributed by atoms with Crippen LogP contribution in [0.15, 0.2) is 35.5 Å². The molecule has 0 aliphatic heterocycles. The van der Waals surface area contributed by atoms with E-state index in [0.29, 0.717) is 18.4 Å². The maximum atomic E-state index is 12.3. The lowest BCUT2D eigenvalue weighted by Crippen LogP contribution is -2.48. The van der Waals surface area contributed by atoms with Gasteiger partial charge in [0.25, 0.3) is 0 Å². The maximum absolute atomic E-state index is 12.3. The molecule has 2 aliphatic carbocycles. The molecule has 7 nitrogen and oxygen atoms in total. The fourth-order valence-corrected chi connectivity index (χ4v) is 4.74. The Morgan fingerprint density at radius 1 is 1.10 bits per heavy atom. The number of hydrogen-bond donors (Lipinski definition) is 2. The molecule has 0 radical (unpaired) electrons. The van der Waals surface area contributed by atoms with Crippen molar-refractivity contribution in [2.75, 3.05) is 5.75 Å². The molecule has 1 heterocycles. The van der Waals surface area contributed by atoms with Gasteiger partial charge < -0.3 is 9.88 Å². The number of thioether (sulfide) groups is 1. The van der Waals surface area contributed by atoms with Crippen molar-refractivity contribution in [1.29, 1.82) is 0 Å². The predicted octanol–water partition coefficient (Wildman–Crippen LogP) is 3.70. The van der Waals surface area contributed by atoms with Crippen molar-refractivity contribution in [3.8, 4) is 0 Å². The third-order valence-electron chi connectivity index (χ3n) is 5.88. The molecule has 30 heavy (non-hydrogen) atoms. The second-order valence-corrected chi connectivity index (χ2v) is 9.31. The number of rotatable bonds is 7. The Balaban J connectivity index is 1.33. The summed E-state index contributed by atoms with van der Waals surface area (Å²) in [5.74, 6) is 1.72. The van der Waals surface area contributed by atoms with E-state index >= 15 is 0 Å². The van der Waals surface area contributed by atoms with Crippen LogP contribution in [0.1, 0.15) is 62.8 Å². The molecule has 2 aliphatic rings. The summed E-state index contributed by atoms with van der Waals surface area (Å²) in [6.45, 7) is 2.84. The number of benzene rings is 1. The highest BCUT2D eigenvalue weighted by atomic mass is 32.2. The largest absolute Gasteiger partial charge is 0.335 e. The Kier molecular flexibility index (Phi) is 6.72. The van der Waals surface area contributed by atoms with Gasteiger partial charge in [-0.2, -0.15) is 0 Å². The van der Waals surface area contributed by atoms with Gasteiger partial charge in [-0.15, -0.1) is 10.2 Å². The highest BCUT2D eigenvalue weighted by molar-refractivity contribution is 7.99. The van der Waals surface area contributed by atoms with Gasteiger partial charge in [0.2, 0.25) is 5.91 Å². The van der Waals surface area contributed by atoms with Crippen LogP contribution in [0.5, 0.6) is 0 Å². The quantitative estimate of drug-likeness (QED) is 0.658. The normalized spacial score (nSPS) is 21.2. The van der Waals surface area contributed by atoms with Gasteiger partial charge in [0.15, 0.2) is 5.16 Å². The van der Waals surface area contributed by atoms with Crippen LogP contribution in [-0.4, -0.2) is 38.5 Å². The Morgan fingerprint density at radius 3 is 2.60 bits per heavy atom. The van der Waals surface area contributed by atoms with Gasteiger partial charge in [-0.05, 0) is 37.2 Å². The van der Waals surface area contributed by atoms with Gasteiger partial charge in [-0.25, -0.2) is 4.79 Å². The molecule has 2 saturated carbocycles. The zero-order chi connectivity index (χ0) is 20.9. The summed E-state index contributed by atoms with van der Waals surface area (Å²) in [6.07, 6.45) is 6.71. The Bertz CT molecular complexity index is 881. The smallest absolute Gasteiger partial charge is 0.321 e. The topological polar surface area (TPSA) is 88.9 Å². The lowest BCUT2D eigenvalue weighted by molar-refractivity contribution is -0.117. The monoisotopic (exact) mass is 427 g/mol. The van der Waals surface area contributed by atoms with Crippen molar-refractivity contribution >= 4 is 23.7 Å². The Morgan fingerprint density at radius 2 is 1.87 bits per heavy atom. The van der Waals surface area contributed by atoms with E-state index in [9.17, 15) is 9.59 Å². The number of carbonyl (C=O) groups excluding carboxylic acids is 2. The lowest BCUT2D eigenvalue weighted by atomic mass is 9.86. The van der Waals surface area contributed by atoms with Crippen molar-refractivity contribution in [3.05, 3.63) is 41.7 Å². The van der Waals surface area contributed by atoms with Crippen LogP contribution in [0.4, 0.5) is 4.79 Å². The van der Waals surface area contributed by atoms with Crippen molar-refractivity contribution < 1.29 is 9.59 Å². The van der Waals surface area contributed by atoms with E-state index in [0.717, 1.165) is 43.1 Å². The fraction of sp³-hybridized carbons (Fsp3) is 0.545. The van der Waals surface area contributed by atoms with E-state index in [1.54, 1.807) is 0 Å². The first kappa shape index (κ1) is 20.9. The molecule has 160 valence electrons. The fourth-order valence-electron chi connectivity index (χ4n) is 3.99. The Labute approximate surface area is 181 Å². The van der Waals surface area contributed by atoms with Gasteiger partial charge in [-0.1, -0.05) is 61.9 Å². The average Bonchev–Trinajstić information content (AvgIpc) is 3.51. The molecule has 2 N–H and O–H groups in total. The van der Waals surface area contributed by atoms with E-state index in [1.165, 1.54) is 23.7 Å². The van der Waals surface area contributed by atoms with Gasteiger partial charge in [-0.3, -0.25) is 10.1 Å². The highest BCUT2D eigenvalue weighted by Gasteiger charge is 2.30. The van der Waals surface area contributed by atoms with Crippen LogP contribution in [0.2, 0.25) is 0 Å². The number of amides is 3. The first-order valence-electron chi connectivity index (χ1n) is 10.8. The molecule has 0 saturated heterocycles. The van der Waals surface area contributed by atoms with Gasteiger partial charge in [0.1, 0.15) is 5.82 Å².